The second-order valence-electron chi connectivity index (χ2n) is 17.7. The molecule has 9 unspecified atom stereocenters. The van der Waals surface area contributed by atoms with Crippen LogP contribution in [-0.2, 0) is 23.7 Å². The molecule has 0 spiro atoms. The summed E-state index contributed by atoms with van der Waals surface area (Å²) in [5.74, 6) is -7.46. The highest BCUT2D eigenvalue weighted by molar-refractivity contribution is 6.22. The molecular formula is C47H59N3O11. The number of pyridine rings is 1. The van der Waals surface area contributed by atoms with Crippen molar-refractivity contribution in [1.82, 2.24) is 0 Å². The molecule has 2 aromatic carbocycles. The Labute approximate surface area is 357 Å². The van der Waals surface area contributed by atoms with Crippen LogP contribution in [0.1, 0.15) is 84.2 Å². The fraction of sp³-hybridized carbons (Fsp3) is 0.511. The molecule has 5 aliphatic heterocycles. The minimum Gasteiger partial charge on any atom is -0.872 e. The number of amides is 1. The van der Waals surface area contributed by atoms with E-state index in [-0.39, 0.29) is 68.5 Å². The van der Waals surface area contributed by atoms with Gasteiger partial charge in [0.25, 0.3) is 17.4 Å². The summed E-state index contributed by atoms with van der Waals surface area (Å²) in [6, 6.07) is 3.72. The predicted molar refractivity (Wildman–Crippen MR) is 227 cm³/mol. The lowest BCUT2D eigenvalue weighted by Crippen LogP contribution is -2.56. The Morgan fingerprint density at radius 2 is 1.57 bits per heavy atom. The summed E-state index contributed by atoms with van der Waals surface area (Å²) in [6.45, 7) is 17.8. The van der Waals surface area contributed by atoms with Crippen LogP contribution in [0.2, 0.25) is 0 Å². The molecule has 61 heavy (non-hydrogen) atoms. The van der Waals surface area contributed by atoms with Crippen molar-refractivity contribution >= 4 is 33.8 Å². The molecule has 9 atom stereocenters. The van der Waals surface area contributed by atoms with E-state index in [1.165, 1.54) is 31.8 Å². The predicted octanol–water partition coefficient (Wildman–Crippen LogP) is 6.23. The number of nitrogens with zero attached hydrogens (tertiary/aromatic N) is 2. The number of hydrogen-bond donors (Lipinski definition) is 4. The molecule has 0 aliphatic carbocycles. The van der Waals surface area contributed by atoms with Crippen LogP contribution < -0.4 is 24.6 Å². The molecule has 1 aromatic heterocycles. The van der Waals surface area contributed by atoms with Gasteiger partial charge in [-0.15, -0.1) is 0 Å². The SMILES string of the molecule is COC1/C=C/OC2(C)Oc3c(C)c([O-])c4c(O)c(c(-[n+]5ccc(N6CCCC6)cc5)c(O)c4c3C2=O)NC(=O)/C(C)=C\C=C\C(C)C2OC(C)(C)OC(C(C)C(O)C1C)C2C. The van der Waals surface area contributed by atoms with Crippen molar-refractivity contribution in [3.63, 3.8) is 0 Å². The average Bonchev–Trinajstić information content (AvgIpc) is 3.86. The maximum atomic E-state index is 14.5. The second-order valence-corrected chi connectivity index (χ2v) is 17.7. The quantitative estimate of drug-likeness (QED) is 0.133. The van der Waals surface area contributed by atoms with E-state index in [1.54, 1.807) is 37.5 Å². The minimum absolute atomic E-state index is 0.00956. The maximum absolute atomic E-state index is 14.5. The normalized spacial score (nSPS) is 32.6. The zero-order chi connectivity index (χ0) is 44.3. The van der Waals surface area contributed by atoms with Crippen molar-refractivity contribution in [2.75, 3.05) is 30.4 Å². The number of benzene rings is 2. The van der Waals surface area contributed by atoms with Gasteiger partial charge in [-0.3, -0.25) is 9.59 Å². The number of anilines is 2. The first-order valence-electron chi connectivity index (χ1n) is 21.1. The van der Waals surface area contributed by atoms with Crippen LogP contribution in [0, 0.1) is 30.6 Å². The van der Waals surface area contributed by atoms with E-state index in [2.05, 4.69) is 10.2 Å². The van der Waals surface area contributed by atoms with Crippen molar-refractivity contribution < 1.29 is 58.3 Å². The van der Waals surface area contributed by atoms with Crippen molar-refractivity contribution in [3.05, 3.63) is 71.8 Å². The van der Waals surface area contributed by atoms with Crippen molar-refractivity contribution in [2.24, 2.45) is 23.7 Å². The number of phenolic OH excluding ortho intramolecular Hbond substituents is 2. The third-order valence-electron chi connectivity index (χ3n) is 13.0. The number of ketones is 1. The molecule has 0 radical (unpaired) electrons. The summed E-state index contributed by atoms with van der Waals surface area (Å²) in [6.07, 6.45) is 11.4. The molecule has 328 valence electrons. The van der Waals surface area contributed by atoms with Crippen molar-refractivity contribution in [3.8, 4) is 28.7 Å². The molecule has 0 saturated carbocycles. The highest BCUT2D eigenvalue weighted by Crippen LogP contribution is 2.55. The van der Waals surface area contributed by atoms with Crippen molar-refractivity contribution in [1.29, 1.82) is 0 Å². The third-order valence-corrected chi connectivity index (χ3v) is 13.0. The van der Waals surface area contributed by atoms with Gasteiger partial charge < -0.3 is 54.3 Å². The van der Waals surface area contributed by atoms with Crippen LogP contribution >= 0.6 is 0 Å². The number of allylic oxidation sites excluding steroid dienone is 2. The van der Waals surface area contributed by atoms with Gasteiger partial charge in [-0.25, -0.2) is 0 Å². The first kappa shape index (κ1) is 43.9. The minimum atomic E-state index is -2.01. The number of ether oxygens (including phenoxy) is 5. The summed E-state index contributed by atoms with van der Waals surface area (Å²) in [4.78, 5) is 30.8. The van der Waals surface area contributed by atoms with E-state index < -0.39 is 64.7 Å². The van der Waals surface area contributed by atoms with E-state index in [0.29, 0.717) is 0 Å². The monoisotopic (exact) mass is 841 g/mol. The van der Waals surface area contributed by atoms with Crippen molar-refractivity contribution in [2.45, 2.75) is 111 Å². The number of methoxy groups -OCH3 is 1. The molecule has 14 nitrogen and oxygen atoms in total. The number of aliphatic hydroxyl groups excluding tert-OH is 1. The van der Waals surface area contributed by atoms with Gasteiger partial charge in [-0.2, -0.15) is 4.57 Å². The van der Waals surface area contributed by atoms with Gasteiger partial charge >= 0.3 is 5.79 Å². The molecule has 2 saturated heterocycles. The molecule has 6 heterocycles. The van der Waals surface area contributed by atoms with Gasteiger partial charge in [0, 0.05) is 85.0 Å². The number of aromatic nitrogens is 1. The molecule has 4 N–H and O–H groups in total. The zero-order valence-corrected chi connectivity index (χ0v) is 36.6. The zero-order valence-electron chi connectivity index (χ0n) is 36.6. The van der Waals surface area contributed by atoms with Gasteiger partial charge in [0.2, 0.25) is 0 Å². The van der Waals surface area contributed by atoms with Gasteiger partial charge in [-0.1, -0.05) is 51.7 Å². The largest absolute Gasteiger partial charge is 0.872 e. The van der Waals surface area contributed by atoms with Crippen LogP contribution in [0.4, 0.5) is 11.4 Å². The van der Waals surface area contributed by atoms with E-state index in [9.17, 15) is 30.0 Å². The molecular weight excluding hydrogens is 783 g/mol. The van der Waals surface area contributed by atoms with Gasteiger partial charge in [-0.05, 0) is 52.2 Å². The lowest BCUT2D eigenvalue weighted by Gasteiger charge is -2.49. The van der Waals surface area contributed by atoms with E-state index in [4.69, 9.17) is 23.7 Å². The molecule has 5 aliphatic rings. The summed E-state index contributed by atoms with van der Waals surface area (Å²) >= 11 is 0. The highest BCUT2D eigenvalue weighted by Gasteiger charge is 2.50. The number of fused-ring (bicyclic) bond motifs is 10. The number of aliphatic hydroxyl groups is 1. The second kappa shape index (κ2) is 16.6. The Morgan fingerprint density at radius 1 is 0.918 bits per heavy atom. The Kier molecular flexibility index (Phi) is 12.0. The van der Waals surface area contributed by atoms with E-state index >= 15 is 0 Å². The summed E-state index contributed by atoms with van der Waals surface area (Å²) < 4.78 is 32.5. The Balaban J connectivity index is 1.40. The highest BCUT2D eigenvalue weighted by atomic mass is 16.7. The van der Waals surface area contributed by atoms with Gasteiger partial charge in [0.1, 0.15) is 5.75 Å². The molecule has 3 aromatic rings. The molecule has 7 bridgehead atoms. The Morgan fingerprint density at radius 3 is 2.23 bits per heavy atom. The van der Waals surface area contributed by atoms with Gasteiger partial charge in [0.05, 0.1) is 36.2 Å². The fourth-order valence-corrected chi connectivity index (χ4v) is 9.39. The number of nitrogens with one attached hydrogen (secondary N) is 1. The smallest absolute Gasteiger partial charge is 0.312 e. The summed E-state index contributed by atoms with van der Waals surface area (Å²) in [7, 11) is 1.51. The van der Waals surface area contributed by atoms with E-state index in [0.717, 1.165) is 31.6 Å². The molecule has 8 rings (SSSR count). The van der Waals surface area contributed by atoms with Crippen LogP contribution in [0.15, 0.2) is 60.7 Å². The van der Waals surface area contributed by atoms with Crippen LogP contribution in [0.25, 0.3) is 16.5 Å². The van der Waals surface area contributed by atoms with Crippen LogP contribution in [0.3, 0.4) is 0 Å². The fourth-order valence-electron chi connectivity index (χ4n) is 9.39. The molecule has 14 heteroatoms. The Hall–Kier alpha value is -5.15. The molecule has 2 fully saturated rings. The van der Waals surface area contributed by atoms with Gasteiger partial charge in [0.15, 0.2) is 35.4 Å². The first-order chi connectivity index (χ1) is 28.8. The lowest BCUT2D eigenvalue weighted by atomic mass is 9.77. The summed E-state index contributed by atoms with van der Waals surface area (Å²) in [5, 5.41) is 52.6. The Bertz CT molecular complexity index is 2300. The topological polar surface area (TPSA) is 183 Å². The van der Waals surface area contributed by atoms with E-state index in [1.807, 2.05) is 59.8 Å². The number of Topliss-reactive ketones (excluding diaryl/α,β-unsaturated/α-hetero) is 1. The first-order valence-corrected chi connectivity index (χ1v) is 21.1. The number of carbonyl (C=O) groups excluding carboxylic acids is 2. The standard InChI is InChI=1S/C47H59N3O11/c1-24-14-13-15-25(2)45(56)48-35-36(50-21-16-30(17-22-50)49-19-11-12-20-49)40(54)32-33(39(35)53)38(52)28(5)43-34(32)44(55)47(9,61-43)58-23-18-31(57-10)26(3)37(51)27(4)42-29(6)41(24)59-46(7,8)60-42/h13-18,21-24,26-27,29,31,37,41-42,51H,11-12,19-20H2,1-10H3,(H3-,48,52,53,54,55,56)/b14-13+,23-18+,25-15-. The van der Waals surface area contributed by atoms with Crippen LogP contribution in [0.5, 0.6) is 23.0 Å². The number of aromatic hydroxyl groups is 2. The number of phenols is 2. The molecule has 1 amide bonds. The number of rotatable bonds is 3. The lowest BCUT2D eigenvalue weighted by molar-refractivity contribution is -0.595. The summed E-state index contributed by atoms with van der Waals surface area (Å²) in [5.41, 5.74) is 0.731. The van der Waals surface area contributed by atoms with Crippen LogP contribution in [-0.4, -0.2) is 83.2 Å². The number of carbonyl (C=O) groups is 2. The maximum Gasteiger partial charge on any atom is 0.312 e. The average molecular weight is 842 g/mol. The number of hydrogen-bond acceptors (Lipinski definition) is 12. The third kappa shape index (κ3) is 7.83.